The summed E-state index contributed by atoms with van der Waals surface area (Å²) in [4.78, 5) is 18.0. The minimum Gasteiger partial charge on any atom is -0.493 e. The summed E-state index contributed by atoms with van der Waals surface area (Å²) >= 11 is 1.66. The Morgan fingerprint density at radius 1 is 1.07 bits per heavy atom. The van der Waals surface area contributed by atoms with Crippen molar-refractivity contribution >= 4 is 33.1 Å². The molecule has 5 nitrogen and oxygen atoms in total. The van der Waals surface area contributed by atoms with Crippen LogP contribution in [-0.2, 0) is 11.2 Å². The van der Waals surface area contributed by atoms with Crippen molar-refractivity contribution in [2.24, 2.45) is 5.41 Å². The molecule has 0 saturated carbocycles. The second-order valence-corrected chi connectivity index (χ2v) is 7.88. The van der Waals surface area contributed by atoms with Crippen molar-refractivity contribution in [3.63, 3.8) is 0 Å². The topological polar surface area (TPSA) is 60.5 Å². The molecule has 1 N–H and O–H groups in total. The van der Waals surface area contributed by atoms with Crippen molar-refractivity contribution in [3.8, 4) is 11.5 Å². The molecule has 0 atom stereocenters. The first-order chi connectivity index (χ1) is 13.5. The molecule has 1 amide bonds. The Bertz CT molecular complexity index is 930. The number of nitrogens with one attached hydrogen (secondary N) is 1. The molecule has 2 aromatic carbocycles. The van der Waals surface area contributed by atoms with Crippen LogP contribution in [0.3, 0.4) is 0 Å². The molecule has 148 valence electrons. The van der Waals surface area contributed by atoms with Gasteiger partial charge in [-0.15, -0.1) is 11.3 Å². The Hall–Kier alpha value is -2.60. The van der Waals surface area contributed by atoms with Gasteiger partial charge in [-0.25, -0.2) is 4.98 Å². The molecule has 0 fully saturated rings. The van der Waals surface area contributed by atoms with Gasteiger partial charge in [-0.05, 0) is 37.1 Å². The number of ether oxygens (including phenoxy) is 2. The van der Waals surface area contributed by atoms with Crippen LogP contribution < -0.4 is 14.8 Å². The third kappa shape index (κ3) is 3.97. The fourth-order valence-corrected chi connectivity index (χ4v) is 4.48. The number of amides is 1. The van der Waals surface area contributed by atoms with Crippen LogP contribution in [0.2, 0.25) is 0 Å². The first-order valence-electron chi connectivity index (χ1n) is 9.43. The van der Waals surface area contributed by atoms with Gasteiger partial charge >= 0.3 is 0 Å². The summed E-state index contributed by atoms with van der Waals surface area (Å²) in [5.74, 6) is 1.22. The molecule has 0 radical (unpaired) electrons. The van der Waals surface area contributed by atoms with E-state index in [2.05, 4.69) is 25.2 Å². The van der Waals surface area contributed by atoms with Crippen LogP contribution in [0, 0.1) is 5.41 Å². The van der Waals surface area contributed by atoms with Crippen molar-refractivity contribution in [2.75, 3.05) is 19.5 Å². The number of thiazole rings is 1. The van der Waals surface area contributed by atoms with E-state index in [9.17, 15) is 4.79 Å². The standard InChI is InChI=1S/C22H26N2O3S/c1-5-22(6-2,14-20-24-16-9-7-8-10-19(16)28-20)21(25)23-15-11-12-17(26-3)18(13-15)27-4/h7-13H,5-6,14H2,1-4H3,(H,23,25). The number of rotatable bonds is 8. The van der Waals surface area contributed by atoms with Crippen LogP contribution >= 0.6 is 11.3 Å². The Balaban J connectivity index is 1.84. The van der Waals surface area contributed by atoms with Gasteiger partial charge in [0.2, 0.25) is 5.91 Å². The van der Waals surface area contributed by atoms with E-state index in [-0.39, 0.29) is 5.91 Å². The van der Waals surface area contributed by atoms with E-state index in [1.807, 2.05) is 24.3 Å². The molecule has 28 heavy (non-hydrogen) atoms. The van der Waals surface area contributed by atoms with Crippen LogP contribution in [-0.4, -0.2) is 25.1 Å². The third-order valence-corrected chi connectivity index (χ3v) is 6.34. The Morgan fingerprint density at radius 3 is 2.43 bits per heavy atom. The molecule has 0 aliphatic heterocycles. The molecule has 0 aliphatic rings. The molecule has 1 aromatic heterocycles. The van der Waals surface area contributed by atoms with Crippen molar-refractivity contribution in [1.82, 2.24) is 4.98 Å². The predicted octanol–water partition coefficient (Wildman–Crippen LogP) is 5.30. The van der Waals surface area contributed by atoms with Gasteiger partial charge in [-0.1, -0.05) is 26.0 Å². The quantitative estimate of drug-likeness (QED) is 0.559. The maximum absolute atomic E-state index is 13.3. The predicted molar refractivity (Wildman–Crippen MR) is 115 cm³/mol. The third-order valence-electron chi connectivity index (χ3n) is 5.30. The lowest BCUT2D eigenvalue weighted by molar-refractivity contribution is -0.126. The second-order valence-electron chi connectivity index (χ2n) is 6.76. The number of fused-ring (bicyclic) bond motifs is 1. The van der Waals surface area contributed by atoms with Crippen LogP contribution in [0.25, 0.3) is 10.2 Å². The molecular formula is C22H26N2O3S. The molecular weight excluding hydrogens is 372 g/mol. The van der Waals surface area contributed by atoms with E-state index in [1.54, 1.807) is 37.7 Å². The Kier molecular flexibility index (Phi) is 6.19. The largest absolute Gasteiger partial charge is 0.493 e. The highest BCUT2D eigenvalue weighted by Crippen LogP contribution is 2.36. The molecule has 3 rings (SSSR count). The summed E-state index contributed by atoms with van der Waals surface area (Å²) in [7, 11) is 3.17. The molecule has 0 unspecified atom stereocenters. The smallest absolute Gasteiger partial charge is 0.230 e. The highest BCUT2D eigenvalue weighted by Gasteiger charge is 2.36. The van der Waals surface area contributed by atoms with Crippen LogP contribution in [0.5, 0.6) is 11.5 Å². The number of hydrogen-bond donors (Lipinski definition) is 1. The maximum atomic E-state index is 13.3. The average Bonchev–Trinajstić information content (AvgIpc) is 3.14. The Morgan fingerprint density at radius 2 is 1.79 bits per heavy atom. The van der Waals surface area contributed by atoms with Gasteiger partial charge in [0.25, 0.3) is 0 Å². The van der Waals surface area contributed by atoms with Gasteiger partial charge in [0, 0.05) is 18.2 Å². The zero-order chi connectivity index (χ0) is 20.1. The molecule has 0 bridgehead atoms. The normalized spacial score (nSPS) is 11.4. The van der Waals surface area contributed by atoms with Crippen molar-refractivity contribution in [1.29, 1.82) is 0 Å². The lowest BCUT2D eigenvalue weighted by Crippen LogP contribution is -2.37. The van der Waals surface area contributed by atoms with Crippen LogP contribution in [0.1, 0.15) is 31.7 Å². The number of anilines is 1. The summed E-state index contributed by atoms with van der Waals surface area (Å²) in [6.45, 7) is 4.12. The number of aromatic nitrogens is 1. The summed E-state index contributed by atoms with van der Waals surface area (Å²) in [5, 5.41) is 4.06. The van der Waals surface area contributed by atoms with Gasteiger partial charge in [-0.2, -0.15) is 0 Å². The van der Waals surface area contributed by atoms with Crippen molar-refractivity contribution in [2.45, 2.75) is 33.1 Å². The molecule has 0 spiro atoms. The van der Waals surface area contributed by atoms with E-state index in [4.69, 9.17) is 14.5 Å². The van der Waals surface area contributed by atoms with Gasteiger partial charge < -0.3 is 14.8 Å². The minimum absolute atomic E-state index is 0.00368. The van der Waals surface area contributed by atoms with E-state index in [1.165, 1.54) is 0 Å². The summed E-state index contributed by atoms with van der Waals surface area (Å²) in [6.07, 6.45) is 2.09. The van der Waals surface area contributed by atoms with Crippen LogP contribution in [0.4, 0.5) is 5.69 Å². The second kappa shape index (κ2) is 8.61. The number of nitrogens with zero attached hydrogens (tertiary/aromatic N) is 1. The highest BCUT2D eigenvalue weighted by atomic mass is 32.1. The van der Waals surface area contributed by atoms with Gasteiger partial charge in [0.15, 0.2) is 11.5 Å². The van der Waals surface area contributed by atoms with E-state index >= 15 is 0 Å². The average molecular weight is 399 g/mol. The summed E-state index contributed by atoms with van der Waals surface area (Å²) < 4.78 is 11.8. The fraction of sp³-hybridized carbons (Fsp3) is 0.364. The van der Waals surface area contributed by atoms with E-state index < -0.39 is 5.41 Å². The fourth-order valence-electron chi connectivity index (χ4n) is 3.36. The van der Waals surface area contributed by atoms with Crippen LogP contribution in [0.15, 0.2) is 42.5 Å². The molecule has 3 aromatic rings. The number of hydrogen-bond acceptors (Lipinski definition) is 5. The molecule has 0 saturated heterocycles. The zero-order valence-electron chi connectivity index (χ0n) is 16.7. The zero-order valence-corrected chi connectivity index (χ0v) is 17.6. The Labute approximate surface area is 169 Å². The highest BCUT2D eigenvalue weighted by molar-refractivity contribution is 7.18. The SMILES string of the molecule is CCC(CC)(Cc1nc2ccccc2s1)C(=O)Nc1ccc(OC)c(OC)c1. The lowest BCUT2D eigenvalue weighted by Gasteiger charge is -2.29. The number of carbonyl (C=O) groups excluding carboxylic acids is 1. The number of para-hydroxylation sites is 1. The van der Waals surface area contributed by atoms with Crippen molar-refractivity contribution in [3.05, 3.63) is 47.5 Å². The number of carbonyl (C=O) groups is 1. The monoisotopic (exact) mass is 398 g/mol. The van der Waals surface area contributed by atoms with Gasteiger partial charge in [0.05, 0.1) is 34.9 Å². The van der Waals surface area contributed by atoms with E-state index in [0.717, 1.165) is 28.1 Å². The number of methoxy groups -OCH3 is 2. The molecule has 1 heterocycles. The minimum atomic E-state index is -0.513. The lowest BCUT2D eigenvalue weighted by atomic mass is 9.78. The summed E-state index contributed by atoms with van der Waals surface area (Å²) in [5.41, 5.74) is 1.17. The van der Waals surface area contributed by atoms with Gasteiger partial charge in [-0.3, -0.25) is 4.79 Å². The van der Waals surface area contributed by atoms with Crippen molar-refractivity contribution < 1.29 is 14.3 Å². The van der Waals surface area contributed by atoms with Gasteiger partial charge in [0.1, 0.15) is 0 Å². The maximum Gasteiger partial charge on any atom is 0.230 e. The molecule has 0 aliphatic carbocycles. The summed E-state index contributed by atoms with van der Waals surface area (Å²) in [6, 6.07) is 13.5. The first-order valence-corrected chi connectivity index (χ1v) is 10.2. The first kappa shape index (κ1) is 20.1. The molecule has 6 heteroatoms. The number of benzene rings is 2. The van der Waals surface area contributed by atoms with E-state index in [0.29, 0.717) is 23.6 Å².